The summed E-state index contributed by atoms with van der Waals surface area (Å²) in [4.78, 5) is 61.3. The van der Waals surface area contributed by atoms with Gasteiger partial charge in [-0.15, -0.1) is 0 Å². The van der Waals surface area contributed by atoms with E-state index < -0.39 is 81.2 Å². The lowest BCUT2D eigenvalue weighted by Crippen LogP contribution is -2.52. The highest BCUT2D eigenvalue weighted by molar-refractivity contribution is 7.90. The molecule has 5 heterocycles. The van der Waals surface area contributed by atoms with Gasteiger partial charge in [0.1, 0.15) is 29.5 Å². The third-order valence-corrected chi connectivity index (χ3v) is 12.7. The van der Waals surface area contributed by atoms with Crippen molar-refractivity contribution in [1.82, 2.24) is 29.8 Å². The van der Waals surface area contributed by atoms with E-state index in [0.29, 0.717) is 35.4 Å². The Balaban J connectivity index is 0.870. The Kier molecular flexibility index (Phi) is 11.6. The predicted octanol–water partition coefficient (Wildman–Crippen LogP) is 4.48. The number of nitrogens with zero attached hydrogens (tertiary/aromatic N) is 4. The van der Waals surface area contributed by atoms with E-state index in [4.69, 9.17) is 0 Å². The second kappa shape index (κ2) is 17.1. The summed E-state index contributed by atoms with van der Waals surface area (Å²) in [6.07, 6.45) is 2.52. The van der Waals surface area contributed by atoms with Gasteiger partial charge in [0.15, 0.2) is 5.82 Å². The lowest BCUT2D eigenvalue weighted by Gasteiger charge is -2.36. The number of anilines is 2. The van der Waals surface area contributed by atoms with Crippen LogP contribution in [0, 0.1) is 17.5 Å². The number of ketones is 1. The Hall–Kier alpha value is -6.18. The number of piperidine rings is 1. The average Bonchev–Trinajstić information content (AvgIpc) is 3.89. The highest BCUT2D eigenvalue weighted by Crippen LogP contribution is 2.31. The van der Waals surface area contributed by atoms with Crippen molar-refractivity contribution < 1.29 is 45.2 Å². The Morgan fingerprint density at radius 2 is 1.64 bits per heavy atom. The van der Waals surface area contributed by atoms with Gasteiger partial charge in [-0.3, -0.25) is 34.1 Å². The summed E-state index contributed by atoms with van der Waals surface area (Å²) in [5.74, 6) is -6.08. The van der Waals surface area contributed by atoms with E-state index in [0.717, 1.165) is 53.6 Å². The van der Waals surface area contributed by atoms with Crippen LogP contribution in [0.25, 0.3) is 22.2 Å². The highest BCUT2D eigenvalue weighted by Gasteiger charge is 2.34. The van der Waals surface area contributed by atoms with E-state index in [1.165, 1.54) is 18.3 Å². The van der Waals surface area contributed by atoms with Crippen LogP contribution in [0.1, 0.15) is 51.1 Å². The highest BCUT2D eigenvalue weighted by atomic mass is 32.2. The van der Waals surface area contributed by atoms with Crippen LogP contribution in [0.3, 0.4) is 0 Å². The monoisotopic (exact) mass is 860 g/mol. The summed E-state index contributed by atoms with van der Waals surface area (Å²) in [6.45, 7) is 3.01. The molecule has 3 saturated heterocycles. The molecular weight excluding hydrogens is 821 g/mol. The smallest absolute Gasteiger partial charge is 0.301 e. The SMILES string of the molecule is O=C1CC[C@@H](NC(=O)c2ccc(N3CCN(CCc4ccc(-c5cnc6[nH]cc(C(=O)c7c(F)ccc(NS(=O)(=O)N8CC[C@@H](F)C8)c7F)c6c5)cc4)CC3)cc2F)C(=O)N1. The van der Waals surface area contributed by atoms with Crippen LogP contribution in [-0.4, -0.2) is 109 Å². The molecule has 3 aliphatic heterocycles. The minimum Gasteiger partial charge on any atom is -0.369 e. The lowest BCUT2D eigenvalue weighted by atomic mass is 9.99. The Bertz CT molecular complexity index is 2650. The summed E-state index contributed by atoms with van der Waals surface area (Å²) >= 11 is 0. The van der Waals surface area contributed by atoms with E-state index in [2.05, 4.69) is 25.5 Å². The zero-order chi connectivity index (χ0) is 43.0. The summed E-state index contributed by atoms with van der Waals surface area (Å²) < 4.78 is 87.9. The molecule has 4 N–H and O–H groups in total. The van der Waals surface area contributed by atoms with E-state index in [9.17, 15) is 32.0 Å². The van der Waals surface area contributed by atoms with Crippen LogP contribution < -0.4 is 20.3 Å². The Morgan fingerprint density at radius 3 is 2.34 bits per heavy atom. The molecule has 3 aliphatic rings. The van der Waals surface area contributed by atoms with Gasteiger partial charge < -0.3 is 15.2 Å². The van der Waals surface area contributed by atoms with Crippen molar-refractivity contribution in [3.05, 3.63) is 113 Å². The van der Waals surface area contributed by atoms with Crippen molar-refractivity contribution >= 4 is 56.1 Å². The quantitative estimate of drug-likeness (QED) is 0.0801. The van der Waals surface area contributed by atoms with Crippen molar-refractivity contribution in [3.63, 3.8) is 0 Å². The molecule has 3 aromatic carbocycles. The first kappa shape index (κ1) is 41.5. The lowest BCUT2D eigenvalue weighted by molar-refractivity contribution is -0.134. The molecule has 0 bridgehead atoms. The van der Waals surface area contributed by atoms with Gasteiger partial charge in [0, 0.05) is 86.8 Å². The number of imide groups is 1. The zero-order valence-electron chi connectivity index (χ0n) is 32.5. The molecule has 0 spiro atoms. The van der Waals surface area contributed by atoms with Crippen LogP contribution in [0.15, 0.2) is 73.1 Å². The molecule has 19 heteroatoms. The first-order chi connectivity index (χ1) is 29.2. The molecule has 8 rings (SSSR count). The van der Waals surface area contributed by atoms with Gasteiger partial charge in [-0.05, 0) is 66.8 Å². The number of H-pyrrole nitrogens is 1. The van der Waals surface area contributed by atoms with Gasteiger partial charge in [0.05, 0.1) is 16.8 Å². The van der Waals surface area contributed by atoms with E-state index in [1.807, 2.05) is 33.9 Å². The van der Waals surface area contributed by atoms with Crippen LogP contribution in [0.5, 0.6) is 0 Å². The van der Waals surface area contributed by atoms with Crippen molar-refractivity contribution in [2.75, 3.05) is 55.4 Å². The number of benzene rings is 3. The zero-order valence-corrected chi connectivity index (χ0v) is 33.3. The fraction of sp³-hybridized carbons (Fsp3) is 0.310. The number of pyridine rings is 1. The first-order valence-electron chi connectivity index (χ1n) is 19.7. The van der Waals surface area contributed by atoms with Crippen molar-refractivity contribution in [1.29, 1.82) is 0 Å². The molecule has 0 saturated carbocycles. The molecular formula is C42H40F4N8O6S. The van der Waals surface area contributed by atoms with E-state index in [-0.39, 0.29) is 36.9 Å². The Labute approximate surface area is 347 Å². The van der Waals surface area contributed by atoms with Crippen LogP contribution in [0.2, 0.25) is 0 Å². The number of nitrogens with one attached hydrogen (secondary N) is 4. The van der Waals surface area contributed by atoms with Gasteiger partial charge in [-0.2, -0.15) is 12.7 Å². The predicted molar refractivity (Wildman–Crippen MR) is 217 cm³/mol. The summed E-state index contributed by atoms with van der Waals surface area (Å²) in [7, 11) is -4.37. The fourth-order valence-electron chi connectivity index (χ4n) is 7.77. The maximum atomic E-state index is 15.7. The number of carbonyl (C=O) groups excluding carboxylic acids is 4. The number of carbonyl (C=O) groups is 4. The number of aromatic nitrogens is 2. The van der Waals surface area contributed by atoms with Gasteiger partial charge in [0.2, 0.25) is 17.6 Å². The normalized spacial score (nSPS) is 19.0. The first-order valence-corrected chi connectivity index (χ1v) is 21.1. The van der Waals surface area contributed by atoms with Gasteiger partial charge in [-0.25, -0.2) is 22.5 Å². The molecule has 5 aromatic rings. The molecule has 0 unspecified atom stereocenters. The maximum absolute atomic E-state index is 15.7. The van der Waals surface area contributed by atoms with Gasteiger partial charge in [0.25, 0.3) is 5.91 Å². The van der Waals surface area contributed by atoms with Gasteiger partial charge >= 0.3 is 10.2 Å². The third-order valence-electron chi connectivity index (χ3n) is 11.2. The van der Waals surface area contributed by atoms with E-state index in [1.54, 1.807) is 18.3 Å². The summed E-state index contributed by atoms with van der Waals surface area (Å²) in [5.41, 5.74) is 1.57. The number of halogens is 4. The number of piperazine rings is 1. The van der Waals surface area contributed by atoms with Crippen LogP contribution in [-0.2, 0) is 26.2 Å². The molecule has 2 atom stereocenters. The number of rotatable bonds is 12. The number of amides is 3. The standard InChI is InChI=1S/C42H40F4N8O6S/c43-27-12-14-54(23-27)61(59,60)51-34-8-7-32(44)37(38(34)46)39(56)31-22-48-40-30(31)19-26(21-47-40)25-3-1-24(2-4-25)11-13-52-15-17-53(18-16-52)28-5-6-29(33(45)20-28)41(57)49-35-9-10-36(55)50-42(35)58/h1-8,19-22,27,35,51H,9-18,23H2,(H,47,48)(H,49,57)(H,50,55,58)/t27-,35-/m1/s1. The second-order valence-electron chi connectivity index (χ2n) is 15.2. The van der Waals surface area contributed by atoms with Gasteiger partial charge in [-0.1, -0.05) is 24.3 Å². The number of hydrogen-bond acceptors (Lipinski definition) is 9. The molecule has 14 nitrogen and oxygen atoms in total. The van der Waals surface area contributed by atoms with Crippen molar-refractivity contribution in [2.45, 2.75) is 37.9 Å². The van der Waals surface area contributed by atoms with Crippen LogP contribution >= 0.6 is 0 Å². The van der Waals surface area contributed by atoms with Crippen LogP contribution in [0.4, 0.5) is 28.9 Å². The van der Waals surface area contributed by atoms with E-state index >= 15 is 13.2 Å². The largest absolute Gasteiger partial charge is 0.369 e. The number of fused-ring (bicyclic) bond motifs is 1. The second-order valence-corrected chi connectivity index (χ2v) is 16.9. The molecule has 0 aliphatic carbocycles. The third kappa shape index (κ3) is 8.85. The Morgan fingerprint density at radius 1 is 0.869 bits per heavy atom. The summed E-state index contributed by atoms with van der Waals surface area (Å²) in [5, 5.41) is 4.97. The number of aromatic amines is 1. The molecule has 61 heavy (non-hydrogen) atoms. The molecule has 318 valence electrons. The van der Waals surface area contributed by atoms with Crippen molar-refractivity contribution in [2.24, 2.45) is 0 Å². The number of hydrogen-bond donors (Lipinski definition) is 4. The molecule has 2 aromatic heterocycles. The summed E-state index contributed by atoms with van der Waals surface area (Å²) in [6, 6.07) is 14.6. The molecule has 3 amide bonds. The maximum Gasteiger partial charge on any atom is 0.301 e. The minimum atomic E-state index is -4.37. The molecule has 0 radical (unpaired) electrons. The average molecular weight is 861 g/mol. The minimum absolute atomic E-state index is 0.00833. The molecule has 3 fully saturated rings. The topological polar surface area (TPSA) is 177 Å². The van der Waals surface area contributed by atoms with Crippen molar-refractivity contribution in [3.8, 4) is 11.1 Å². The fourth-order valence-corrected chi connectivity index (χ4v) is 9.03. The number of alkyl halides is 1.